The number of aromatic nitrogens is 2. The second-order valence-corrected chi connectivity index (χ2v) is 10.6. The number of nitriles is 1. The van der Waals surface area contributed by atoms with Gasteiger partial charge in [0.15, 0.2) is 9.84 Å². The maximum atomic E-state index is 12.4. The number of sulfone groups is 1. The second kappa shape index (κ2) is 8.66. The van der Waals surface area contributed by atoms with Gasteiger partial charge in [-0.15, -0.1) is 0 Å². The molecule has 1 aliphatic heterocycles. The van der Waals surface area contributed by atoms with Gasteiger partial charge in [0.25, 0.3) is 0 Å². The third-order valence-corrected chi connectivity index (χ3v) is 7.67. The van der Waals surface area contributed by atoms with Crippen LogP contribution in [0.3, 0.4) is 0 Å². The highest BCUT2D eigenvalue weighted by atomic mass is 32.2. The summed E-state index contributed by atoms with van der Waals surface area (Å²) in [4.78, 5) is 6.45. The molecule has 0 amide bonds. The molecule has 0 saturated heterocycles. The Bertz CT molecular complexity index is 1210. The minimum atomic E-state index is -3.21. The minimum absolute atomic E-state index is 0.0496. The van der Waals surface area contributed by atoms with Crippen LogP contribution in [0.4, 0.5) is 0 Å². The van der Waals surface area contributed by atoms with E-state index in [0.29, 0.717) is 25.1 Å². The highest BCUT2D eigenvalue weighted by Gasteiger charge is 2.34. The molecular formula is C24H26N4O2S. The van der Waals surface area contributed by atoms with Gasteiger partial charge in [-0.3, -0.25) is 4.90 Å². The fourth-order valence-corrected chi connectivity index (χ4v) is 4.98. The second-order valence-electron chi connectivity index (χ2n) is 8.25. The molecule has 2 unspecified atom stereocenters. The molecule has 6 nitrogen and oxygen atoms in total. The fourth-order valence-electron chi connectivity index (χ4n) is 4.24. The lowest BCUT2D eigenvalue weighted by atomic mass is 9.93. The first-order valence-corrected chi connectivity index (χ1v) is 12.3. The molecule has 1 aliphatic rings. The Labute approximate surface area is 183 Å². The van der Waals surface area contributed by atoms with Crippen LogP contribution < -0.4 is 0 Å². The highest BCUT2D eigenvalue weighted by molar-refractivity contribution is 7.91. The van der Waals surface area contributed by atoms with Crippen LogP contribution in [-0.2, 0) is 35.8 Å². The molecule has 160 valence electrons. The van der Waals surface area contributed by atoms with E-state index < -0.39 is 15.2 Å². The lowest BCUT2D eigenvalue weighted by molar-refractivity contribution is 0.142. The first kappa shape index (κ1) is 21.3. The van der Waals surface area contributed by atoms with Gasteiger partial charge in [-0.05, 0) is 42.2 Å². The summed E-state index contributed by atoms with van der Waals surface area (Å²) >= 11 is 0. The van der Waals surface area contributed by atoms with Crippen LogP contribution in [0.15, 0.2) is 61.1 Å². The van der Waals surface area contributed by atoms with E-state index in [1.807, 2.05) is 48.9 Å². The van der Waals surface area contributed by atoms with Gasteiger partial charge in [0, 0.05) is 43.7 Å². The van der Waals surface area contributed by atoms with E-state index in [1.165, 1.54) is 17.4 Å². The zero-order valence-electron chi connectivity index (χ0n) is 17.8. The van der Waals surface area contributed by atoms with Crippen LogP contribution in [0.5, 0.6) is 0 Å². The molecule has 0 spiro atoms. The third kappa shape index (κ3) is 4.71. The van der Waals surface area contributed by atoms with Crippen molar-refractivity contribution in [3.63, 3.8) is 0 Å². The standard InChI is InChI=1S/C24H26N4O2S/c1-18(31(2,29)30)28-15-22-6-4-3-5-21(22)12-24(28)16-27-17-26-14-23(27)11-19-7-9-20(13-25)10-8-19/h3-10,14,17-18,24H,11-12,15-16H2,1-2H3. The van der Waals surface area contributed by atoms with E-state index in [0.717, 1.165) is 17.7 Å². The Morgan fingerprint density at radius 1 is 1.16 bits per heavy atom. The monoisotopic (exact) mass is 434 g/mol. The van der Waals surface area contributed by atoms with Crippen molar-refractivity contribution in [3.05, 3.63) is 89.0 Å². The first-order chi connectivity index (χ1) is 14.8. The number of fused-ring (bicyclic) bond motifs is 1. The van der Waals surface area contributed by atoms with E-state index in [-0.39, 0.29) is 6.04 Å². The largest absolute Gasteiger partial charge is 0.333 e. The normalized spacial score (nSPS) is 17.6. The summed E-state index contributed by atoms with van der Waals surface area (Å²) in [6.45, 7) is 3.07. The molecule has 2 atom stereocenters. The van der Waals surface area contributed by atoms with Gasteiger partial charge < -0.3 is 4.57 Å². The summed E-state index contributed by atoms with van der Waals surface area (Å²) in [6, 6.07) is 18.0. The maximum Gasteiger partial charge on any atom is 0.163 e. The number of hydrogen-bond donors (Lipinski definition) is 0. The fraction of sp³-hybridized carbons (Fsp3) is 0.333. The molecule has 4 rings (SSSR count). The van der Waals surface area contributed by atoms with Crippen molar-refractivity contribution in [2.24, 2.45) is 0 Å². The highest BCUT2D eigenvalue weighted by Crippen LogP contribution is 2.28. The molecule has 0 aliphatic carbocycles. The Hall–Kier alpha value is -2.95. The van der Waals surface area contributed by atoms with Crippen molar-refractivity contribution in [1.82, 2.24) is 14.5 Å². The lowest BCUT2D eigenvalue weighted by Gasteiger charge is -2.40. The van der Waals surface area contributed by atoms with Crippen LogP contribution in [-0.4, -0.2) is 40.5 Å². The van der Waals surface area contributed by atoms with Gasteiger partial charge >= 0.3 is 0 Å². The first-order valence-electron chi connectivity index (χ1n) is 10.3. The molecule has 2 aromatic carbocycles. The summed E-state index contributed by atoms with van der Waals surface area (Å²) in [7, 11) is -3.21. The maximum absolute atomic E-state index is 12.4. The van der Waals surface area contributed by atoms with Gasteiger partial charge in [-0.1, -0.05) is 36.4 Å². The average molecular weight is 435 g/mol. The summed E-state index contributed by atoms with van der Waals surface area (Å²) in [6.07, 6.45) is 6.49. The molecule has 2 heterocycles. The Balaban J connectivity index is 1.59. The van der Waals surface area contributed by atoms with Crippen molar-refractivity contribution in [3.8, 4) is 6.07 Å². The summed E-state index contributed by atoms with van der Waals surface area (Å²) in [5.41, 5.74) is 5.28. The quantitative estimate of drug-likeness (QED) is 0.595. The molecule has 0 radical (unpaired) electrons. The summed E-state index contributed by atoms with van der Waals surface area (Å²) in [5.74, 6) is 0. The predicted octanol–water partition coefficient (Wildman–Crippen LogP) is 3.16. The predicted molar refractivity (Wildman–Crippen MR) is 120 cm³/mol. The average Bonchev–Trinajstić information content (AvgIpc) is 3.19. The van der Waals surface area contributed by atoms with Crippen molar-refractivity contribution in [2.75, 3.05) is 6.26 Å². The van der Waals surface area contributed by atoms with Crippen LogP contribution in [0.25, 0.3) is 0 Å². The van der Waals surface area contributed by atoms with Crippen LogP contribution in [0.1, 0.15) is 34.9 Å². The van der Waals surface area contributed by atoms with Gasteiger partial charge in [0.1, 0.15) is 5.37 Å². The van der Waals surface area contributed by atoms with Crippen molar-refractivity contribution in [1.29, 1.82) is 5.26 Å². The van der Waals surface area contributed by atoms with Gasteiger partial charge in [-0.2, -0.15) is 5.26 Å². The van der Waals surface area contributed by atoms with Crippen molar-refractivity contribution in [2.45, 2.75) is 44.3 Å². The Morgan fingerprint density at radius 3 is 2.55 bits per heavy atom. The van der Waals surface area contributed by atoms with E-state index in [9.17, 15) is 8.42 Å². The van der Waals surface area contributed by atoms with Gasteiger partial charge in [-0.25, -0.2) is 13.4 Å². The third-order valence-electron chi connectivity index (χ3n) is 6.16. The Morgan fingerprint density at radius 2 is 1.87 bits per heavy atom. The number of benzene rings is 2. The molecule has 0 bridgehead atoms. The molecule has 0 fully saturated rings. The molecule has 1 aromatic heterocycles. The smallest absolute Gasteiger partial charge is 0.163 e. The molecule has 0 N–H and O–H groups in total. The molecule has 31 heavy (non-hydrogen) atoms. The molecular weight excluding hydrogens is 408 g/mol. The van der Waals surface area contributed by atoms with Crippen LogP contribution >= 0.6 is 0 Å². The van der Waals surface area contributed by atoms with Crippen molar-refractivity contribution >= 4 is 9.84 Å². The van der Waals surface area contributed by atoms with Crippen LogP contribution in [0, 0.1) is 11.3 Å². The molecule has 0 saturated carbocycles. The number of imidazole rings is 1. The van der Waals surface area contributed by atoms with E-state index >= 15 is 0 Å². The van der Waals surface area contributed by atoms with E-state index in [1.54, 1.807) is 6.92 Å². The summed E-state index contributed by atoms with van der Waals surface area (Å²) < 4.78 is 26.9. The van der Waals surface area contributed by atoms with Gasteiger partial charge in [0.05, 0.1) is 18.0 Å². The van der Waals surface area contributed by atoms with Gasteiger partial charge in [0.2, 0.25) is 0 Å². The van der Waals surface area contributed by atoms with E-state index in [2.05, 4.69) is 32.7 Å². The SMILES string of the molecule is CC(N1Cc2ccccc2CC1Cn1cncc1Cc1ccc(C#N)cc1)S(C)(=O)=O. The topological polar surface area (TPSA) is 79.0 Å². The Kier molecular flexibility index (Phi) is 5.94. The zero-order chi connectivity index (χ0) is 22.0. The lowest BCUT2D eigenvalue weighted by Crippen LogP contribution is -2.50. The van der Waals surface area contributed by atoms with E-state index in [4.69, 9.17) is 5.26 Å². The number of hydrogen-bond acceptors (Lipinski definition) is 5. The van der Waals surface area contributed by atoms with Crippen LogP contribution in [0.2, 0.25) is 0 Å². The zero-order valence-corrected chi connectivity index (χ0v) is 18.6. The molecule has 3 aromatic rings. The molecule has 7 heteroatoms. The minimum Gasteiger partial charge on any atom is -0.333 e. The summed E-state index contributed by atoms with van der Waals surface area (Å²) in [5, 5.41) is 8.44. The van der Waals surface area contributed by atoms with Crippen molar-refractivity contribution < 1.29 is 8.42 Å². The number of rotatable bonds is 6. The number of nitrogens with zero attached hydrogens (tertiary/aromatic N) is 4.